The van der Waals surface area contributed by atoms with E-state index in [0.717, 1.165) is 19.3 Å². The first-order valence-corrected chi connectivity index (χ1v) is 20.0. The van der Waals surface area contributed by atoms with Crippen molar-refractivity contribution in [2.24, 2.45) is 17.8 Å². The number of anilines is 1. The van der Waals surface area contributed by atoms with E-state index in [1.54, 1.807) is 32.7 Å². The van der Waals surface area contributed by atoms with Gasteiger partial charge in [0.15, 0.2) is 0 Å². The molecule has 0 spiro atoms. The Balaban J connectivity index is 1.00. The molecule has 2 heterocycles. The van der Waals surface area contributed by atoms with Gasteiger partial charge in [0.2, 0.25) is 0 Å². The molecule has 6 unspecified atom stereocenters. The van der Waals surface area contributed by atoms with E-state index in [2.05, 4.69) is 121 Å². The van der Waals surface area contributed by atoms with E-state index < -0.39 is 8.80 Å². The van der Waals surface area contributed by atoms with Gasteiger partial charge < -0.3 is 9.64 Å². The second-order valence-corrected chi connectivity index (χ2v) is 17.2. The van der Waals surface area contributed by atoms with Crippen molar-refractivity contribution in [2.75, 3.05) is 4.90 Å². The van der Waals surface area contributed by atoms with Crippen molar-refractivity contribution in [3.63, 3.8) is 0 Å². The van der Waals surface area contributed by atoms with Gasteiger partial charge >= 0.3 is 0 Å². The minimum atomic E-state index is -1.26. The largest absolute Gasteiger partial charge is 0.489 e. The molecule has 0 aromatic heterocycles. The van der Waals surface area contributed by atoms with Gasteiger partial charge in [-0.05, 0) is 103 Å². The number of para-hydroxylation sites is 1. The van der Waals surface area contributed by atoms with Gasteiger partial charge in [0, 0.05) is 34.7 Å². The van der Waals surface area contributed by atoms with E-state index >= 15 is 0 Å². The van der Waals surface area contributed by atoms with Gasteiger partial charge in [-0.3, -0.25) is 0 Å². The first kappa shape index (κ1) is 27.1. The maximum Gasteiger partial charge on any atom is 0.124 e. The topological polar surface area (TPSA) is 12.5 Å². The van der Waals surface area contributed by atoms with Gasteiger partial charge in [-0.2, -0.15) is 0 Å². The summed E-state index contributed by atoms with van der Waals surface area (Å²) in [5, 5.41) is 3.36. The highest BCUT2D eigenvalue weighted by atomic mass is 28.3. The molecule has 2 nitrogen and oxygen atoms in total. The first-order chi connectivity index (χ1) is 22.7. The Labute approximate surface area is 274 Å². The van der Waals surface area contributed by atoms with Crippen LogP contribution in [0, 0.1) is 17.8 Å². The Morgan fingerprint density at radius 3 is 2.67 bits per heavy atom. The van der Waals surface area contributed by atoms with E-state index in [4.69, 9.17) is 4.74 Å². The van der Waals surface area contributed by atoms with E-state index in [1.807, 2.05) is 0 Å². The van der Waals surface area contributed by atoms with Crippen LogP contribution in [0.5, 0.6) is 0 Å². The van der Waals surface area contributed by atoms with Crippen LogP contribution in [-0.4, -0.2) is 20.9 Å². The maximum atomic E-state index is 6.75. The highest BCUT2D eigenvalue weighted by Crippen LogP contribution is 2.53. The summed E-state index contributed by atoms with van der Waals surface area (Å²) in [6, 6.07) is 11.5. The standard InChI is InChI=1S/C43H41NOSi/c1-46-40-24-23-37-36-13-7-8-14-39(36)45-43(37)42(40)38-22-18-31(26-41(38)46)44(29-10-3-2-4-11-29)30-17-21-33-28(25-30)16-20-34-32-12-6-5-9-27(32)15-19-35(33)34/h2-5,7-11,13-14,16-18,20-22,24,28,31,36-37,39,46H,6,12,15,19,23,25-26H2,1H3. The average molecular weight is 616 g/mol. The zero-order valence-corrected chi connectivity index (χ0v) is 27.8. The van der Waals surface area contributed by atoms with Crippen LogP contribution >= 0.6 is 0 Å². The third-order valence-electron chi connectivity index (χ3n) is 12.2. The summed E-state index contributed by atoms with van der Waals surface area (Å²) in [5.74, 6) is 2.71. The molecule has 0 saturated carbocycles. The van der Waals surface area contributed by atoms with Gasteiger partial charge in [0.1, 0.15) is 11.9 Å². The molecule has 9 aliphatic rings. The van der Waals surface area contributed by atoms with E-state index in [-0.39, 0.29) is 6.10 Å². The van der Waals surface area contributed by atoms with Gasteiger partial charge in [-0.25, -0.2) is 0 Å². The fraction of sp³-hybridized carbons (Fsp3) is 0.302. The normalized spacial score (nSPS) is 32.9. The zero-order valence-electron chi connectivity index (χ0n) is 26.7. The fourth-order valence-electron chi connectivity index (χ4n) is 10.0. The molecular weight excluding hydrogens is 575 g/mol. The number of benzene rings is 1. The number of ether oxygens (including phenoxy) is 1. The van der Waals surface area contributed by atoms with Crippen LogP contribution < -0.4 is 4.90 Å². The molecule has 1 aromatic rings. The van der Waals surface area contributed by atoms with Crippen molar-refractivity contribution in [1.29, 1.82) is 0 Å². The Bertz CT molecular complexity index is 1930. The number of fused-ring (bicyclic) bond motifs is 8. The molecule has 228 valence electrons. The van der Waals surface area contributed by atoms with Crippen molar-refractivity contribution in [2.45, 2.75) is 63.6 Å². The van der Waals surface area contributed by atoms with Crippen LogP contribution in [0.25, 0.3) is 0 Å². The second kappa shape index (κ2) is 10.5. The first-order valence-electron chi connectivity index (χ1n) is 17.7. The number of hydrogen-bond acceptors (Lipinski definition) is 2. The molecule has 1 aromatic carbocycles. The number of allylic oxidation sites excluding steroid dienone is 20. The molecule has 0 radical (unpaired) electrons. The molecule has 6 atom stereocenters. The lowest BCUT2D eigenvalue weighted by atomic mass is 9.71. The number of nitrogens with zero attached hydrogens (tertiary/aromatic N) is 1. The molecule has 7 aliphatic carbocycles. The SMILES string of the molecule is C[SiH]1C2=CCC3C(=C2C2=C1CC(N(C1=CC=C4C5=C(C=CC4C1)C1=C(C=CCC1)CC5)c1ccccc1)C=C2)OC1C=CC=CC13. The predicted molar refractivity (Wildman–Crippen MR) is 191 cm³/mol. The lowest BCUT2D eigenvalue weighted by Gasteiger charge is -2.40. The lowest BCUT2D eigenvalue weighted by Crippen LogP contribution is -2.37. The molecule has 1 fully saturated rings. The van der Waals surface area contributed by atoms with Crippen LogP contribution in [0.3, 0.4) is 0 Å². The highest BCUT2D eigenvalue weighted by molar-refractivity contribution is 6.76. The molecular formula is C43H41NOSi. The monoisotopic (exact) mass is 615 g/mol. The van der Waals surface area contributed by atoms with E-state index in [9.17, 15) is 0 Å². The highest BCUT2D eigenvalue weighted by Gasteiger charge is 2.47. The summed E-state index contributed by atoms with van der Waals surface area (Å²) < 4.78 is 6.75. The van der Waals surface area contributed by atoms with Crippen LogP contribution in [-0.2, 0) is 4.74 Å². The summed E-state index contributed by atoms with van der Waals surface area (Å²) in [4.78, 5) is 2.67. The zero-order chi connectivity index (χ0) is 30.4. The lowest BCUT2D eigenvalue weighted by molar-refractivity contribution is 0.183. The summed E-state index contributed by atoms with van der Waals surface area (Å²) in [7, 11) is -1.26. The molecule has 2 aliphatic heterocycles. The summed E-state index contributed by atoms with van der Waals surface area (Å²) >= 11 is 0. The Morgan fingerprint density at radius 2 is 1.74 bits per heavy atom. The predicted octanol–water partition coefficient (Wildman–Crippen LogP) is 9.55. The molecule has 0 N–H and O–H groups in total. The summed E-state index contributed by atoms with van der Waals surface area (Å²) in [6.45, 7) is 2.57. The number of hydrogen-bond donors (Lipinski definition) is 0. The van der Waals surface area contributed by atoms with Crippen LogP contribution in [0.4, 0.5) is 5.69 Å². The third kappa shape index (κ3) is 4.00. The third-order valence-corrected chi connectivity index (χ3v) is 15.2. The quantitative estimate of drug-likeness (QED) is 0.314. The summed E-state index contributed by atoms with van der Waals surface area (Å²) in [6.07, 6.45) is 39.5. The van der Waals surface area contributed by atoms with Crippen molar-refractivity contribution in [3.8, 4) is 0 Å². The molecule has 46 heavy (non-hydrogen) atoms. The van der Waals surface area contributed by atoms with Crippen molar-refractivity contribution in [3.05, 3.63) is 170 Å². The maximum absolute atomic E-state index is 6.75. The average Bonchev–Trinajstić information content (AvgIpc) is 3.63. The second-order valence-electron chi connectivity index (χ2n) is 14.5. The molecule has 3 heteroatoms. The van der Waals surface area contributed by atoms with Crippen LogP contribution in [0.2, 0.25) is 6.55 Å². The molecule has 0 amide bonds. The Hall–Kier alpha value is -4.08. The smallest absolute Gasteiger partial charge is 0.124 e. The summed E-state index contributed by atoms with van der Waals surface area (Å²) in [5.41, 5.74) is 13.6. The van der Waals surface area contributed by atoms with Crippen molar-refractivity contribution < 1.29 is 4.74 Å². The van der Waals surface area contributed by atoms with Gasteiger partial charge in [-0.15, -0.1) is 0 Å². The molecule has 0 bridgehead atoms. The number of rotatable bonds is 3. The fourth-order valence-corrected chi connectivity index (χ4v) is 12.9. The Morgan fingerprint density at radius 1 is 0.848 bits per heavy atom. The molecule has 10 rings (SSSR count). The molecule has 1 saturated heterocycles. The van der Waals surface area contributed by atoms with Gasteiger partial charge in [-0.1, -0.05) is 102 Å². The van der Waals surface area contributed by atoms with Crippen LogP contribution in [0.1, 0.15) is 44.9 Å². The van der Waals surface area contributed by atoms with E-state index in [0.29, 0.717) is 23.8 Å². The van der Waals surface area contributed by atoms with E-state index in [1.165, 1.54) is 59.5 Å². The minimum Gasteiger partial charge on any atom is -0.489 e. The van der Waals surface area contributed by atoms with Crippen molar-refractivity contribution >= 4 is 14.5 Å². The minimum absolute atomic E-state index is 0.199. The van der Waals surface area contributed by atoms with Crippen LogP contribution in [0.15, 0.2) is 170 Å². The van der Waals surface area contributed by atoms with Crippen molar-refractivity contribution in [1.82, 2.24) is 0 Å². The van der Waals surface area contributed by atoms with Gasteiger partial charge in [0.05, 0.1) is 14.8 Å². The Kier molecular flexibility index (Phi) is 6.16. The van der Waals surface area contributed by atoms with Gasteiger partial charge in [0.25, 0.3) is 0 Å².